The number of Topliss-reactive ketones (excluding diaryl/α,β-unsaturated/α-hetero) is 1. The number of ether oxygens (including phenoxy) is 2. The molecule has 0 spiro atoms. The summed E-state index contributed by atoms with van der Waals surface area (Å²) in [5.41, 5.74) is 4.68. The molecule has 0 saturated carbocycles. The molecule has 7 nitrogen and oxygen atoms in total. The van der Waals surface area contributed by atoms with Gasteiger partial charge in [0.2, 0.25) is 0 Å². The molecule has 0 saturated heterocycles. The van der Waals surface area contributed by atoms with E-state index < -0.39 is 0 Å². The summed E-state index contributed by atoms with van der Waals surface area (Å²) < 4.78 is 15.1. The highest BCUT2D eigenvalue weighted by Crippen LogP contribution is 2.35. The molecule has 0 radical (unpaired) electrons. The van der Waals surface area contributed by atoms with Crippen LogP contribution in [0.3, 0.4) is 0 Å². The van der Waals surface area contributed by atoms with Crippen LogP contribution in [-0.4, -0.2) is 51.7 Å². The van der Waals surface area contributed by atoms with Crippen LogP contribution < -0.4 is 4.74 Å². The van der Waals surface area contributed by atoms with Crippen LogP contribution in [0.25, 0.3) is 16.4 Å². The first kappa shape index (κ1) is 25.2. The zero-order valence-corrected chi connectivity index (χ0v) is 22.5. The van der Waals surface area contributed by atoms with E-state index in [0.717, 1.165) is 44.7 Å². The summed E-state index contributed by atoms with van der Waals surface area (Å²) in [4.78, 5) is 14.3. The molecule has 0 aliphatic rings. The standard InChI is InChI=1S/C26H30N4O3S2/c1-16-9-10-23(33-6)21(12-16)30-25(24-8-7-11-34-24)27-28-26(30)35-15-22(31)20-13-17(2)29(19(20)4)18(3)14-32-5/h7-13,18H,14-15H2,1-6H3/t18-/m0/s1. The van der Waals surface area contributed by atoms with Gasteiger partial charge in [-0.2, -0.15) is 0 Å². The Morgan fingerprint density at radius 2 is 1.94 bits per heavy atom. The van der Waals surface area contributed by atoms with Crippen molar-refractivity contribution in [1.82, 2.24) is 19.3 Å². The molecule has 3 heterocycles. The number of hydrogen-bond donors (Lipinski definition) is 0. The Morgan fingerprint density at radius 3 is 2.63 bits per heavy atom. The van der Waals surface area contributed by atoms with Gasteiger partial charge in [0.1, 0.15) is 5.75 Å². The number of ketones is 1. The average Bonchev–Trinajstić information content (AvgIpc) is 3.56. The molecular formula is C26H30N4O3S2. The quantitative estimate of drug-likeness (QED) is 0.195. The minimum Gasteiger partial charge on any atom is -0.495 e. The predicted molar refractivity (Wildman–Crippen MR) is 142 cm³/mol. The minimum absolute atomic E-state index is 0.0578. The lowest BCUT2D eigenvalue weighted by Crippen LogP contribution is -2.15. The van der Waals surface area contributed by atoms with Gasteiger partial charge in [0.25, 0.3) is 0 Å². The van der Waals surface area contributed by atoms with Crippen LogP contribution in [0.15, 0.2) is 46.9 Å². The van der Waals surface area contributed by atoms with Gasteiger partial charge in [0.15, 0.2) is 16.8 Å². The van der Waals surface area contributed by atoms with Gasteiger partial charge in [-0.1, -0.05) is 23.9 Å². The van der Waals surface area contributed by atoms with Crippen LogP contribution in [0.1, 0.15) is 40.3 Å². The van der Waals surface area contributed by atoms with Crippen molar-refractivity contribution >= 4 is 28.9 Å². The van der Waals surface area contributed by atoms with Gasteiger partial charge in [-0.3, -0.25) is 9.36 Å². The lowest BCUT2D eigenvalue weighted by Gasteiger charge is -2.17. The summed E-state index contributed by atoms with van der Waals surface area (Å²) in [6.45, 7) is 8.74. The van der Waals surface area contributed by atoms with E-state index in [0.29, 0.717) is 11.8 Å². The Hall–Kier alpha value is -2.88. The molecule has 0 aliphatic carbocycles. The number of methoxy groups -OCH3 is 2. The zero-order valence-electron chi connectivity index (χ0n) is 20.9. The molecule has 4 aromatic rings. The van der Waals surface area contributed by atoms with Crippen LogP contribution in [-0.2, 0) is 4.74 Å². The molecular weight excluding hydrogens is 480 g/mol. The molecule has 0 aliphatic heterocycles. The van der Waals surface area contributed by atoms with Crippen molar-refractivity contribution in [1.29, 1.82) is 0 Å². The van der Waals surface area contributed by atoms with Crippen molar-refractivity contribution in [2.75, 3.05) is 26.6 Å². The van der Waals surface area contributed by atoms with Gasteiger partial charge in [-0.25, -0.2) is 0 Å². The number of rotatable bonds is 10. The molecule has 0 N–H and O–H groups in total. The van der Waals surface area contributed by atoms with E-state index in [1.807, 2.05) is 61.1 Å². The van der Waals surface area contributed by atoms with E-state index in [1.165, 1.54) is 11.8 Å². The van der Waals surface area contributed by atoms with Crippen LogP contribution in [0, 0.1) is 20.8 Å². The molecule has 0 amide bonds. The largest absolute Gasteiger partial charge is 0.495 e. The lowest BCUT2D eigenvalue weighted by molar-refractivity contribution is 0.102. The lowest BCUT2D eigenvalue weighted by atomic mass is 10.2. The highest BCUT2D eigenvalue weighted by Gasteiger charge is 2.23. The third kappa shape index (κ3) is 5.07. The first-order valence-electron chi connectivity index (χ1n) is 11.3. The summed E-state index contributed by atoms with van der Waals surface area (Å²) in [5.74, 6) is 1.75. The van der Waals surface area contributed by atoms with E-state index in [4.69, 9.17) is 9.47 Å². The van der Waals surface area contributed by atoms with E-state index in [9.17, 15) is 4.79 Å². The number of thioether (sulfide) groups is 1. The Bertz CT molecular complexity index is 1320. The summed E-state index contributed by atoms with van der Waals surface area (Å²) in [6, 6.07) is 12.1. The molecule has 0 unspecified atom stereocenters. The fourth-order valence-corrected chi connectivity index (χ4v) is 5.91. The molecule has 9 heteroatoms. The van der Waals surface area contributed by atoms with Crippen LogP contribution in [0.5, 0.6) is 5.75 Å². The van der Waals surface area contributed by atoms with E-state index >= 15 is 0 Å². The van der Waals surface area contributed by atoms with E-state index in [1.54, 1.807) is 25.6 Å². The Labute approximate surface area is 214 Å². The highest BCUT2D eigenvalue weighted by molar-refractivity contribution is 7.99. The fraction of sp³-hybridized carbons (Fsp3) is 0.346. The molecule has 3 aromatic heterocycles. The first-order valence-corrected chi connectivity index (χ1v) is 13.2. The maximum Gasteiger partial charge on any atom is 0.196 e. The number of thiophene rings is 1. The van der Waals surface area contributed by atoms with Gasteiger partial charge < -0.3 is 14.0 Å². The average molecular weight is 511 g/mol. The molecule has 0 bridgehead atoms. The third-order valence-electron chi connectivity index (χ3n) is 5.92. The van der Waals surface area contributed by atoms with Crippen molar-refractivity contribution in [3.8, 4) is 22.1 Å². The maximum absolute atomic E-state index is 13.3. The van der Waals surface area contributed by atoms with Crippen molar-refractivity contribution in [3.05, 3.63) is 64.3 Å². The van der Waals surface area contributed by atoms with Crippen molar-refractivity contribution in [2.45, 2.75) is 38.9 Å². The molecule has 35 heavy (non-hydrogen) atoms. The minimum atomic E-state index is 0.0578. The Morgan fingerprint density at radius 1 is 1.14 bits per heavy atom. The molecule has 4 rings (SSSR count). The first-order chi connectivity index (χ1) is 16.8. The number of benzene rings is 1. The molecule has 1 atom stereocenters. The second kappa shape index (κ2) is 10.8. The van der Waals surface area contributed by atoms with Crippen molar-refractivity contribution in [2.24, 2.45) is 0 Å². The highest BCUT2D eigenvalue weighted by atomic mass is 32.2. The number of aromatic nitrogens is 4. The second-order valence-electron chi connectivity index (χ2n) is 8.47. The van der Waals surface area contributed by atoms with Crippen molar-refractivity contribution < 1.29 is 14.3 Å². The van der Waals surface area contributed by atoms with Crippen LogP contribution in [0.2, 0.25) is 0 Å². The van der Waals surface area contributed by atoms with E-state index in [-0.39, 0.29) is 17.6 Å². The molecule has 184 valence electrons. The monoisotopic (exact) mass is 510 g/mol. The van der Waals surface area contributed by atoms with Gasteiger partial charge in [-0.05, 0) is 62.9 Å². The number of aryl methyl sites for hydroxylation is 2. The van der Waals surface area contributed by atoms with Crippen LogP contribution in [0.4, 0.5) is 0 Å². The SMILES string of the molecule is COC[C@H](C)n1c(C)cc(C(=O)CSc2nnc(-c3cccs3)n2-c2cc(C)ccc2OC)c1C. The van der Waals surface area contributed by atoms with E-state index in [2.05, 4.69) is 27.8 Å². The molecule has 1 aromatic carbocycles. The Kier molecular flexibility index (Phi) is 7.78. The normalized spacial score (nSPS) is 12.2. The topological polar surface area (TPSA) is 71.2 Å². The smallest absolute Gasteiger partial charge is 0.196 e. The summed E-state index contributed by atoms with van der Waals surface area (Å²) in [6.07, 6.45) is 0. The molecule has 0 fully saturated rings. The summed E-state index contributed by atoms with van der Waals surface area (Å²) in [5, 5.41) is 11.6. The van der Waals surface area contributed by atoms with Gasteiger partial charge >= 0.3 is 0 Å². The van der Waals surface area contributed by atoms with Gasteiger partial charge in [0.05, 0.1) is 36.1 Å². The predicted octanol–water partition coefficient (Wildman–Crippen LogP) is 5.91. The Balaban J connectivity index is 1.67. The number of hydrogen-bond acceptors (Lipinski definition) is 7. The number of nitrogens with zero attached hydrogens (tertiary/aromatic N) is 4. The zero-order chi connectivity index (χ0) is 25.1. The maximum atomic E-state index is 13.3. The third-order valence-corrected chi connectivity index (χ3v) is 7.71. The summed E-state index contributed by atoms with van der Waals surface area (Å²) >= 11 is 2.98. The summed E-state index contributed by atoms with van der Waals surface area (Å²) in [7, 11) is 3.34. The van der Waals surface area contributed by atoms with Gasteiger partial charge in [-0.15, -0.1) is 21.5 Å². The van der Waals surface area contributed by atoms with Gasteiger partial charge in [0, 0.05) is 24.1 Å². The number of carbonyl (C=O) groups excluding carboxylic acids is 1. The second-order valence-corrected chi connectivity index (χ2v) is 10.4. The van der Waals surface area contributed by atoms with Crippen molar-refractivity contribution in [3.63, 3.8) is 0 Å². The number of carbonyl (C=O) groups is 1. The van der Waals surface area contributed by atoms with Crippen LogP contribution >= 0.6 is 23.1 Å². The fourth-order valence-electron chi connectivity index (χ4n) is 4.38.